The van der Waals surface area contributed by atoms with Gasteiger partial charge in [-0.2, -0.15) is 13.2 Å². The molecule has 0 radical (unpaired) electrons. The van der Waals surface area contributed by atoms with E-state index >= 15 is 0 Å². The highest BCUT2D eigenvalue weighted by Crippen LogP contribution is 2.30. The van der Waals surface area contributed by atoms with Gasteiger partial charge < -0.3 is 19.8 Å². The van der Waals surface area contributed by atoms with E-state index in [9.17, 15) is 32.3 Å². The van der Waals surface area contributed by atoms with Gasteiger partial charge in [-0.05, 0) is 38.9 Å². The Balaban J connectivity index is 0.000000580. The topological polar surface area (TPSA) is 145 Å². The van der Waals surface area contributed by atoms with Gasteiger partial charge in [-0.15, -0.1) is 0 Å². The smallest absolute Gasteiger partial charge is 0.422 e. The van der Waals surface area contributed by atoms with Crippen LogP contribution in [0.5, 0.6) is 5.75 Å². The maximum absolute atomic E-state index is 12.5. The predicted octanol–water partition coefficient (Wildman–Crippen LogP) is 2.02. The molecule has 3 rings (SSSR count). The first kappa shape index (κ1) is 31.1. The van der Waals surface area contributed by atoms with Crippen LogP contribution in [0, 0.1) is 13.8 Å². The molecular formula is C25H31F3N4O7. The van der Waals surface area contributed by atoms with Gasteiger partial charge in [0.25, 0.3) is 5.56 Å². The Morgan fingerprint density at radius 2 is 1.59 bits per heavy atom. The minimum absolute atomic E-state index is 0.233. The lowest BCUT2D eigenvalue weighted by Crippen LogP contribution is -2.47. The van der Waals surface area contributed by atoms with E-state index in [1.807, 2.05) is 4.90 Å². The third-order valence-corrected chi connectivity index (χ3v) is 5.95. The molecule has 214 valence electrons. The van der Waals surface area contributed by atoms with Gasteiger partial charge in [-0.25, -0.2) is 14.4 Å². The average Bonchev–Trinajstić information content (AvgIpc) is 2.87. The van der Waals surface area contributed by atoms with Crippen molar-refractivity contribution in [1.82, 2.24) is 14.5 Å². The number of aromatic nitrogens is 2. The zero-order chi connectivity index (χ0) is 29.2. The lowest BCUT2D eigenvalue weighted by molar-refractivity contribution is -0.153. The number of aliphatic carboxylic acids is 2. The SMILES string of the molecule is Cc1c(C)n(CCCN2CCN(c3ccccc3OCC(F)(F)F)CC2)c(=O)[nH]c1=O.O=C(O)/C=C/C(=O)O. The zero-order valence-electron chi connectivity index (χ0n) is 21.5. The van der Waals surface area contributed by atoms with Crippen LogP contribution in [0.4, 0.5) is 18.9 Å². The van der Waals surface area contributed by atoms with Crippen molar-refractivity contribution in [2.75, 3.05) is 44.2 Å². The third kappa shape index (κ3) is 10.3. The number of hydrogen-bond acceptors (Lipinski definition) is 7. The molecule has 14 heteroatoms. The highest BCUT2D eigenvalue weighted by molar-refractivity contribution is 5.89. The molecule has 0 spiro atoms. The van der Waals surface area contributed by atoms with Gasteiger partial charge >= 0.3 is 23.8 Å². The molecule has 0 unspecified atom stereocenters. The Morgan fingerprint density at radius 1 is 1.00 bits per heavy atom. The largest absolute Gasteiger partial charge is 0.482 e. The van der Waals surface area contributed by atoms with E-state index in [4.69, 9.17) is 14.9 Å². The molecule has 1 aliphatic rings. The summed E-state index contributed by atoms with van der Waals surface area (Å²) >= 11 is 0. The summed E-state index contributed by atoms with van der Waals surface area (Å²) in [5, 5.41) is 15.6. The molecule has 0 aliphatic carbocycles. The van der Waals surface area contributed by atoms with E-state index in [2.05, 4.69) is 9.88 Å². The van der Waals surface area contributed by atoms with Crippen LogP contribution in [0.1, 0.15) is 17.7 Å². The molecule has 1 aromatic carbocycles. The number of ether oxygens (including phenoxy) is 1. The van der Waals surface area contributed by atoms with Gasteiger partial charge in [-0.1, -0.05) is 12.1 Å². The number of H-pyrrole nitrogens is 1. The Bertz CT molecular complexity index is 1260. The summed E-state index contributed by atoms with van der Waals surface area (Å²) < 4.78 is 44.1. The van der Waals surface area contributed by atoms with Crippen molar-refractivity contribution in [3.05, 3.63) is 68.5 Å². The van der Waals surface area contributed by atoms with E-state index in [0.29, 0.717) is 48.7 Å². The van der Waals surface area contributed by atoms with Crippen molar-refractivity contribution in [3.63, 3.8) is 0 Å². The second-order valence-electron chi connectivity index (χ2n) is 8.68. The molecule has 3 N–H and O–H groups in total. The number of hydrogen-bond donors (Lipinski definition) is 3. The number of aromatic amines is 1. The van der Waals surface area contributed by atoms with E-state index in [0.717, 1.165) is 26.1 Å². The van der Waals surface area contributed by atoms with Crippen LogP contribution >= 0.6 is 0 Å². The quantitative estimate of drug-likeness (QED) is 0.395. The number of carbonyl (C=O) groups is 2. The van der Waals surface area contributed by atoms with Crippen LogP contribution in [0.25, 0.3) is 0 Å². The minimum Gasteiger partial charge on any atom is -0.482 e. The number of rotatable bonds is 9. The summed E-state index contributed by atoms with van der Waals surface area (Å²) in [4.78, 5) is 49.4. The molecular weight excluding hydrogens is 525 g/mol. The van der Waals surface area contributed by atoms with Crippen LogP contribution in [-0.4, -0.2) is 82.1 Å². The van der Waals surface area contributed by atoms with Gasteiger partial charge in [0.15, 0.2) is 6.61 Å². The second kappa shape index (κ2) is 14.2. The summed E-state index contributed by atoms with van der Waals surface area (Å²) in [6.07, 6.45) is -2.52. The first-order valence-electron chi connectivity index (χ1n) is 12.0. The Morgan fingerprint density at radius 3 is 2.15 bits per heavy atom. The lowest BCUT2D eigenvalue weighted by atomic mass is 10.2. The van der Waals surface area contributed by atoms with Gasteiger partial charge in [0.05, 0.1) is 5.69 Å². The zero-order valence-corrected chi connectivity index (χ0v) is 21.5. The molecule has 0 bridgehead atoms. The fourth-order valence-corrected chi connectivity index (χ4v) is 3.85. The predicted molar refractivity (Wildman–Crippen MR) is 136 cm³/mol. The van der Waals surface area contributed by atoms with E-state index in [1.54, 1.807) is 42.7 Å². The van der Waals surface area contributed by atoms with Crippen LogP contribution in [0.2, 0.25) is 0 Å². The van der Waals surface area contributed by atoms with Crippen molar-refractivity contribution in [3.8, 4) is 5.75 Å². The van der Waals surface area contributed by atoms with Crippen molar-refractivity contribution >= 4 is 17.6 Å². The highest BCUT2D eigenvalue weighted by Gasteiger charge is 2.29. The Kier molecular flexibility index (Phi) is 11.3. The summed E-state index contributed by atoms with van der Waals surface area (Å²) in [5.74, 6) is -2.28. The highest BCUT2D eigenvalue weighted by atomic mass is 19.4. The summed E-state index contributed by atoms with van der Waals surface area (Å²) in [6, 6.07) is 6.77. The lowest BCUT2D eigenvalue weighted by Gasteiger charge is -2.36. The number of carboxylic acids is 2. The second-order valence-corrected chi connectivity index (χ2v) is 8.68. The fourth-order valence-electron chi connectivity index (χ4n) is 3.85. The van der Waals surface area contributed by atoms with Gasteiger partial charge in [0.1, 0.15) is 5.75 Å². The summed E-state index contributed by atoms with van der Waals surface area (Å²) in [7, 11) is 0. The van der Waals surface area contributed by atoms with E-state index < -0.39 is 30.4 Å². The number of anilines is 1. The molecule has 1 saturated heterocycles. The maximum atomic E-state index is 12.5. The van der Waals surface area contributed by atoms with Crippen LogP contribution < -0.4 is 20.9 Å². The van der Waals surface area contributed by atoms with Crippen LogP contribution in [0.15, 0.2) is 46.0 Å². The molecule has 0 amide bonds. The number of nitrogens with one attached hydrogen (secondary N) is 1. The van der Waals surface area contributed by atoms with E-state index in [1.165, 1.54) is 0 Å². The molecule has 39 heavy (non-hydrogen) atoms. The molecule has 1 fully saturated rings. The number of nitrogens with zero attached hydrogens (tertiary/aromatic N) is 3. The molecule has 1 aromatic heterocycles. The van der Waals surface area contributed by atoms with Gasteiger partial charge in [0, 0.05) is 56.1 Å². The van der Waals surface area contributed by atoms with E-state index in [-0.39, 0.29) is 11.3 Å². The number of para-hydroxylation sites is 2. The number of alkyl halides is 3. The Hall–Kier alpha value is -4.07. The number of halogens is 3. The summed E-state index contributed by atoms with van der Waals surface area (Å²) in [6.45, 7) is 6.29. The molecule has 0 saturated carbocycles. The molecule has 1 aliphatic heterocycles. The van der Waals surface area contributed by atoms with Crippen molar-refractivity contribution in [2.45, 2.75) is 33.0 Å². The Labute approximate surface area is 221 Å². The maximum Gasteiger partial charge on any atom is 0.422 e. The number of piperazine rings is 1. The third-order valence-electron chi connectivity index (χ3n) is 5.95. The fraction of sp³-hybridized carbons (Fsp3) is 0.440. The first-order chi connectivity index (χ1) is 18.3. The number of carboxylic acid groups (broad SMARTS) is 2. The normalized spacial score (nSPS) is 14.1. The van der Waals surface area contributed by atoms with Crippen LogP contribution in [0.3, 0.4) is 0 Å². The van der Waals surface area contributed by atoms with Crippen molar-refractivity contribution < 1.29 is 37.7 Å². The molecule has 2 heterocycles. The first-order valence-corrected chi connectivity index (χ1v) is 12.0. The number of benzene rings is 1. The standard InChI is InChI=1S/C21H27F3N4O3.C4H4O4/c1-15-16(2)28(20(30)25-19(15)29)9-5-8-26-10-12-27(13-11-26)17-6-3-4-7-18(17)31-14-21(22,23)24;5-3(6)1-2-4(7)8/h3-4,6-7H,5,8-14H2,1-2H3,(H,25,29,30);1-2H,(H,5,6)(H,7,8)/b;2-1+. The molecule has 2 aromatic rings. The average molecular weight is 557 g/mol. The molecule has 11 nitrogen and oxygen atoms in total. The van der Waals surface area contributed by atoms with Gasteiger partial charge in [0.2, 0.25) is 0 Å². The van der Waals surface area contributed by atoms with Gasteiger partial charge in [-0.3, -0.25) is 19.2 Å². The van der Waals surface area contributed by atoms with Crippen molar-refractivity contribution in [2.24, 2.45) is 0 Å². The van der Waals surface area contributed by atoms with Crippen LogP contribution in [-0.2, 0) is 16.1 Å². The minimum atomic E-state index is -4.38. The monoisotopic (exact) mass is 556 g/mol. The molecule has 0 atom stereocenters. The van der Waals surface area contributed by atoms with Crippen molar-refractivity contribution in [1.29, 1.82) is 0 Å². The summed E-state index contributed by atoms with van der Waals surface area (Å²) in [5.41, 5.74) is 1.13.